The molecule has 80 heavy (non-hydrogen) atoms. The third kappa shape index (κ3) is 34.4. The van der Waals surface area contributed by atoms with E-state index in [0.29, 0.717) is 0 Å². The minimum absolute atomic E-state index is 0.0132. The number of aliphatic hydroxyl groups excluding tert-OH is 1. The minimum Gasteiger partial charge on any atom is -0.434 e. The second-order valence-electron chi connectivity index (χ2n) is 23.0. The molecule has 0 heterocycles. The minimum atomic E-state index is -0.927. The molecule has 472 valence electrons. The van der Waals surface area contributed by atoms with E-state index in [1.165, 1.54) is 7.11 Å². The highest BCUT2D eigenvalue weighted by Crippen LogP contribution is 2.27. The molecule has 0 aliphatic carbocycles. The number of rotatable bonds is 42. The zero-order valence-corrected chi connectivity index (χ0v) is 51.9. The summed E-state index contributed by atoms with van der Waals surface area (Å²) >= 11 is 0. The summed E-state index contributed by atoms with van der Waals surface area (Å²) < 4.78 is 103. The molecule has 0 saturated carbocycles. The Labute approximate surface area is 475 Å². The lowest BCUT2D eigenvalue weighted by atomic mass is 9.93. The highest BCUT2D eigenvalue weighted by atomic mass is 16.8. The first kappa shape index (κ1) is 76.0. The Hall–Kier alpha value is -4.05. The normalized spacial score (nSPS) is 16.3. The van der Waals surface area contributed by atoms with Crippen molar-refractivity contribution in [2.75, 3.05) is 100 Å². The second-order valence-corrected chi connectivity index (χ2v) is 23.0. The first-order chi connectivity index (χ1) is 37.0. The number of ether oxygens (including phenoxy) is 19. The molecule has 0 fully saturated rings. The molecular weight excluding hydrogens is 1060 g/mol. The van der Waals surface area contributed by atoms with Crippen molar-refractivity contribution in [3.8, 4) is 0 Å². The molecule has 10 unspecified atom stereocenters. The fourth-order valence-corrected chi connectivity index (χ4v) is 5.71. The Bertz CT molecular complexity index is 1740. The maximum absolute atomic E-state index is 12.7. The van der Waals surface area contributed by atoms with E-state index < -0.39 is 89.3 Å². The molecule has 0 aromatic heterocycles. The van der Waals surface area contributed by atoms with Gasteiger partial charge in [-0.2, -0.15) is 0 Å². The molecule has 0 amide bonds. The highest BCUT2D eigenvalue weighted by molar-refractivity contribution is 5.61. The number of methoxy groups -OCH3 is 1. The van der Waals surface area contributed by atoms with Gasteiger partial charge >= 0.3 is 30.8 Å². The van der Waals surface area contributed by atoms with Crippen molar-refractivity contribution in [2.24, 2.45) is 29.6 Å². The molecule has 25 nitrogen and oxygen atoms in total. The van der Waals surface area contributed by atoms with Gasteiger partial charge in [0.1, 0.15) is 64.2 Å². The van der Waals surface area contributed by atoms with Gasteiger partial charge in [0.2, 0.25) is 0 Å². The summed E-state index contributed by atoms with van der Waals surface area (Å²) in [5, 5.41) is 9.52. The predicted molar refractivity (Wildman–Crippen MR) is 287 cm³/mol. The Morgan fingerprint density at radius 1 is 0.312 bits per heavy atom. The van der Waals surface area contributed by atoms with Crippen LogP contribution in [0.5, 0.6) is 0 Å². The zero-order chi connectivity index (χ0) is 61.5. The van der Waals surface area contributed by atoms with Gasteiger partial charge < -0.3 is 95.1 Å². The van der Waals surface area contributed by atoms with Crippen LogP contribution in [0.1, 0.15) is 138 Å². The fourth-order valence-electron chi connectivity index (χ4n) is 5.71. The summed E-state index contributed by atoms with van der Waals surface area (Å²) in [6.45, 7) is 35.5. The van der Waals surface area contributed by atoms with Crippen LogP contribution in [0, 0.1) is 29.6 Å². The van der Waals surface area contributed by atoms with E-state index in [-0.39, 0.29) is 123 Å². The summed E-state index contributed by atoms with van der Waals surface area (Å²) in [6.07, 6.45) is -7.73. The zero-order valence-electron chi connectivity index (χ0n) is 51.9. The van der Waals surface area contributed by atoms with Crippen molar-refractivity contribution in [3.63, 3.8) is 0 Å². The Morgan fingerprint density at radius 2 is 0.537 bits per heavy atom. The number of carbonyl (C=O) groups is 5. The van der Waals surface area contributed by atoms with Crippen molar-refractivity contribution in [3.05, 3.63) is 0 Å². The van der Waals surface area contributed by atoms with E-state index in [2.05, 4.69) is 0 Å². The Kier molecular flexibility index (Phi) is 36.0. The van der Waals surface area contributed by atoms with E-state index >= 15 is 0 Å². The summed E-state index contributed by atoms with van der Waals surface area (Å²) in [6, 6.07) is 0. The highest BCUT2D eigenvalue weighted by Gasteiger charge is 2.35. The van der Waals surface area contributed by atoms with Crippen molar-refractivity contribution in [2.45, 2.75) is 197 Å². The molecule has 10 atom stereocenters. The van der Waals surface area contributed by atoms with Gasteiger partial charge in [0.25, 0.3) is 0 Å². The van der Waals surface area contributed by atoms with Crippen molar-refractivity contribution >= 4 is 30.8 Å². The molecule has 0 spiro atoms. The van der Waals surface area contributed by atoms with Gasteiger partial charge in [0, 0.05) is 36.7 Å². The van der Waals surface area contributed by atoms with Crippen molar-refractivity contribution in [1.29, 1.82) is 0 Å². The number of hydrogen-bond donors (Lipinski definition) is 1. The maximum Gasteiger partial charge on any atom is 0.510 e. The largest absolute Gasteiger partial charge is 0.510 e. The summed E-state index contributed by atoms with van der Waals surface area (Å²) in [5.74, 6) is -1.33. The average Bonchev–Trinajstić information content (AvgIpc) is 3.37. The first-order valence-corrected chi connectivity index (χ1v) is 27.2. The molecule has 25 heteroatoms. The lowest BCUT2D eigenvalue weighted by Crippen LogP contribution is -2.40. The number of aliphatic hydroxyl groups is 1. The van der Waals surface area contributed by atoms with Gasteiger partial charge in [-0.1, -0.05) is 34.6 Å². The van der Waals surface area contributed by atoms with Crippen LogP contribution in [-0.4, -0.2) is 195 Å². The van der Waals surface area contributed by atoms with Crippen LogP contribution in [0.15, 0.2) is 0 Å². The van der Waals surface area contributed by atoms with Crippen LogP contribution in [0.4, 0.5) is 24.0 Å². The molecule has 0 aliphatic rings. The topological polar surface area (TPSA) is 281 Å². The second kappa shape index (κ2) is 37.9. The van der Waals surface area contributed by atoms with Crippen LogP contribution in [-0.2, 0) is 90.0 Å². The van der Waals surface area contributed by atoms with Gasteiger partial charge in [-0.25, -0.2) is 24.0 Å². The smallest absolute Gasteiger partial charge is 0.434 e. The van der Waals surface area contributed by atoms with Gasteiger partial charge in [-0.05, 0) is 104 Å². The van der Waals surface area contributed by atoms with Crippen molar-refractivity contribution in [1.82, 2.24) is 0 Å². The van der Waals surface area contributed by atoms with Gasteiger partial charge in [0.15, 0.2) is 20.4 Å². The fraction of sp³-hybridized carbons (Fsp3) is 0.909. The Morgan fingerprint density at radius 3 is 0.787 bits per heavy atom. The van der Waals surface area contributed by atoms with Crippen LogP contribution in [0.3, 0.4) is 0 Å². The van der Waals surface area contributed by atoms with Gasteiger partial charge in [-0.15, -0.1) is 0 Å². The summed E-state index contributed by atoms with van der Waals surface area (Å²) in [7, 11) is 1.48. The monoisotopic (exact) mass is 1160 g/mol. The van der Waals surface area contributed by atoms with Crippen LogP contribution in [0.25, 0.3) is 0 Å². The molecule has 0 aromatic rings. The third-order valence-electron chi connectivity index (χ3n) is 13.6. The number of carbonyl (C=O) groups excluding carboxylic acids is 5. The summed E-state index contributed by atoms with van der Waals surface area (Å²) in [4.78, 5) is 62.2. The standard InChI is InChI=1S/C55H102O25/c1-36(22-66-46(57)71-35-65-34-64-33-63-32-62-21)52(13,14)73-28-42(7)78-48(59)68-24-38(3)54(17,18)75-30-44(9)80-50(61)70-26-40(5)55(19,20)76-31-45(10)79-49(60)69-25-39(4)53(15,16)74-29-43(8)77-47(58)67-23-37(2)51(11,12)72-27-41(6)56/h36-45,56H,22-35H2,1-21H3. The molecule has 0 rings (SSSR count). The van der Waals surface area contributed by atoms with Gasteiger partial charge in [0.05, 0.1) is 67.1 Å². The Balaban J connectivity index is 4.59. The summed E-state index contributed by atoms with van der Waals surface area (Å²) in [5.41, 5.74) is -3.81. The molecule has 0 radical (unpaired) electrons. The van der Waals surface area contributed by atoms with E-state index in [1.807, 2.05) is 104 Å². The predicted octanol–water partition coefficient (Wildman–Crippen LogP) is 9.37. The molecular formula is C55H102O25. The van der Waals surface area contributed by atoms with Crippen LogP contribution < -0.4 is 0 Å². The molecule has 0 bridgehead atoms. The van der Waals surface area contributed by atoms with Gasteiger partial charge in [-0.3, -0.25) is 0 Å². The van der Waals surface area contributed by atoms with Crippen molar-refractivity contribution < 1.29 is 119 Å². The van der Waals surface area contributed by atoms with Crippen LogP contribution in [0.2, 0.25) is 0 Å². The maximum atomic E-state index is 12.7. The van der Waals surface area contributed by atoms with E-state index in [1.54, 1.807) is 34.6 Å². The molecule has 0 aromatic carbocycles. The number of hydrogen-bond acceptors (Lipinski definition) is 25. The average molecular weight is 1160 g/mol. The SMILES string of the molecule is COCOCOCOCOC(=O)OCC(C)C(C)(C)OCC(C)OC(=O)OCC(C)C(C)(C)OCC(C)OC(=O)OCC(C)C(C)(C)OCC(C)OC(=O)OCC(C)C(C)(C)OCC(C)OC(=O)OCC(C)C(C)(C)OCC(C)O. The van der Waals surface area contributed by atoms with E-state index in [9.17, 15) is 29.1 Å². The molecule has 0 saturated heterocycles. The first-order valence-electron chi connectivity index (χ1n) is 27.2. The molecule has 1 N–H and O–H groups in total. The quantitative estimate of drug-likeness (QED) is 0.0258. The lowest BCUT2D eigenvalue weighted by Gasteiger charge is -2.33. The van der Waals surface area contributed by atoms with E-state index in [0.717, 1.165) is 0 Å². The molecule has 0 aliphatic heterocycles. The third-order valence-corrected chi connectivity index (χ3v) is 13.6. The van der Waals surface area contributed by atoms with E-state index in [4.69, 9.17) is 90.0 Å². The lowest BCUT2D eigenvalue weighted by molar-refractivity contribution is -0.183. The van der Waals surface area contributed by atoms with Crippen LogP contribution >= 0.6 is 0 Å².